The molecule has 1 fully saturated rings. The van der Waals surface area contributed by atoms with E-state index in [9.17, 15) is 10.1 Å². The van der Waals surface area contributed by atoms with Crippen molar-refractivity contribution in [1.29, 1.82) is 0 Å². The van der Waals surface area contributed by atoms with E-state index >= 15 is 0 Å². The fourth-order valence-electron chi connectivity index (χ4n) is 3.34. The topological polar surface area (TPSA) is 71.3 Å². The highest BCUT2D eigenvalue weighted by molar-refractivity contribution is 7.22. The Labute approximate surface area is 155 Å². The van der Waals surface area contributed by atoms with E-state index in [4.69, 9.17) is 0 Å². The van der Waals surface area contributed by atoms with Gasteiger partial charge in [-0.05, 0) is 43.1 Å². The van der Waals surface area contributed by atoms with Crippen molar-refractivity contribution in [2.75, 3.05) is 18.4 Å². The van der Waals surface area contributed by atoms with Gasteiger partial charge in [-0.3, -0.25) is 15.0 Å². The fraction of sp³-hybridized carbons (Fsp3) is 0.316. The molecule has 1 N–H and O–H groups in total. The molecule has 0 amide bonds. The summed E-state index contributed by atoms with van der Waals surface area (Å²) in [6.07, 6.45) is 2.58. The lowest BCUT2D eigenvalue weighted by molar-refractivity contribution is -0.384. The zero-order chi connectivity index (χ0) is 17.9. The summed E-state index contributed by atoms with van der Waals surface area (Å²) in [5.41, 5.74) is 3.50. The van der Waals surface area contributed by atoms with Crippen LogP contribution in [0.15, 0.2) is 42.5 Å². The predicted molar refractivity (Wildman–Crippen MR) is 105 cm³/mol. The van der Waals surface area contributed by atoms with Gasteiger partial charge in [-0.15, -0.1) is 0 Å². The van der Waals surface area contributed by atoms with E-state index in [2.05, 4.69) is 39.5 Å². The standard InChI is InChI=1S/C19H20N4O2S/c24-23(25)16-7-8-17-18(11-16)26-19(21-17)20-12-14-5-1-2-6-15(14)13-22-9-3-4-10-22/h1-2,5-8,11H,3-4,9-10,12-13H2,(H,20,21). The molecule has 2 heterocycles. The van der Waals surface area contributed by atoms with Crippen LogP contribution in [-0.4, -0.2) is 27.9 Å². The van der Waals surface area contributed by atoms with Crippen LogP contribution in [-0.2, 0) is 13.1 Å². The molecule has 6 nitrogen and oxygen atoms in total. The number of nitrogens with zero attached hydrogens (tertiary/aromatic N) is 3. The Hall–Kier alpha value is -2.51. The lowest BCUT2D eigenvalue weighted by Crippen LogP contribution is -2.19. The number of nitro groups is 1. The van der Waals surface area contributed by atoms with Crippen LogP contribution in [0.3, 0.4) is 0 Å². The van der Waals surface area contributed by atoms with Crippen molar-refractivity contribution in [3.63, 3.8) is 0 Å². The van der Waals surface area contributed by atoms with Crippen molar-refractivity contribution >= 4 is 32.4 Å². The summed E-state index contributed by atoms with van der Waals surface area (Å²) in [5, 5.41) is 15.1. The maximum absolute atomic E-state index is 10.9. The van der Waals surface area contributed by atoms with Crippen molar-refractivity contribution in [2.24, 2.45) is 0 Å². The second kappa shape index (κ2) is 7.39. The minimum Gasteiger partial charge on any atom is -0.357 e. The van der Waals surface area contributed by atoms with Crippen LogP contribution in [0.4, 0.5) is 10.8 Å². The SMILES string of the molecule is O=[N+]([O-])c1ccc2nc(NCc3ccccc3CN3CCCC3)sc2c1. The predicted octanol–water partition coefficient (Wildman–Crippen LogP) is 4.41. The van der Waals surface area contributed by atoms with E-state index in [1.165, 1.54) is 54.5 Å². The number of thiazole rings is 1. The smallest absolute Gasteiger partial charge is 0.270 e. The average Bonchev–Trinajstić information content (AvgIpc) is 3.29. The third kappa shape index (κ3) is 3.68. The first-order valence-electron chi connectivity index (χ1n) is 8.77. The maximum Gasteiger partial charge on any atom is 0.270 e. The molecule has 4 rings (SSSR count). The zero-order valence-corrected chi connectivity index (χ0v) is 15.2. The van der Waals surface area contributed by atoms with E-state index in [1.807, 2.05) is 0 Å². The number of likely N-dealkylation sites (tertiary alicyclic amines) is 1. The minimum atomic E-state index is -0.374. The molecule has 0 radical (unpaired) electrons. The van der Waals surface area contributed by atoms with Gasteiger partial charge in [0.2, 0.25) is 0 Å². The summed E-state index contributed by atoms with van der Waals surface area (Å²) in [7, 11) is 0. The van der Waals surface area contributed by atoms with Gasteiger partial charge in [0.1, 0.15) is 0 Å². The third-order valence-corrected chi connectivity index (χ3v) is 5.70. The summed E-state index contributed by atoms with van der Waals surface area (Å²) in [5.74, 6) is 0. The molecular formula is C19H20N4O2S. The summed E-state index contributed by atoms with van der Waals surface area (Å²) in [6, 6.07) is 13.3. The molecule has 0 unspecified atom stereocenters. The van der Waals surface area contributed by atoms with Crippen LogP contribution in [0.2, 0.25) is 0 Å². The number of non-ortho nitro benzene ring substituents is 1. The Bertz CT molecular complexity index is 934. The van der Waals surface area contributed by atoms with E-state index < -0.39 is 0 Å². The van der Waals surface area contributed by atoms with Crippen LogP contribution in [0.1, 0.15) is 24.0 Å². The normalized spacial score (nSPS) is 14.8. The van der Waals surface area contributed by atoms with Crippen LogP contribution in [0.25, 0.3) is 10.2 Å². The van der Waals surface area contributed by atoms with E-state index in [-0.39, 0.29) is 10.6 Å². The summed E-state index contributed by atoms with van der Waals surface area (Å²) in [4.78, 5) is 17.6. The molecule has 1 aliphatic rings. The third-order valence-electron chi connectivity index (χ3n) is 4.72. The number of anilines is 1. The van der Waals surface area contributed by atoms with Gasteiger partial charge in [0.15, 0.2) is 5.13 Å². The first-order valence-corrected chi connectivity index (χ1v) is 9.59. The number of fused-ring (bicyclic) bond motifs is 1. The van der Waals surface area contributed by atoms with Crippen molar-refractivity contribution < 1.29 is 4.92 Å². The number of hydrogen-bond donors (Lipinski definition) is 1. The van der Waals surface area contributed by atoms with Crippen molar-refractivity contribution in [2.45, 2.75) is 25.9 Å². The van der Waals surface area contributed by atoms with Gasteiger partial charge in [0.05, 0.1) is 15.1 Å². The van der Waals surface area contributed by atoms with Crippen molar-refractivity contribution in [3.05, 3.63) is 63.7 Å². The first-order chi connectivity index (χ1) is 12.7. The number of nitro benzene ring substituents is 1. The van der Waals surface area contributed by atoms with Gasteiger partial charge in [-0.25, -0.2) is 4.98 Å². The molecular weight excluding hydrogens is 348 g/mol. The zero-order valence-electron chi connectivity index (χ0n) is 14.4. The molecule has 0 saturated carbocycles. The van der Waals surface area contributed by atoms with Crippen LogP contribution < -0.4 is 5.32 Å². The van der Waals surface area contributed by atoms with Crippen LogP contribution in [0.5, 0.6) is 0 Å². The largest absolute Gasteiger partial charge is 0.357 e. The van der Waals surface area contributed by atoms with Gasteiger partial charge in [-0.1, -0.05) is 35.6 Å². The molecule has 1 saturated heterocycles. The molecule has 134 valence electrons. The number of hydrogen-bond acceptors (Lipinski definition) is 6. The van der Waals surface area contributed by atoms with Gasteiger partial charge in [0.25, 0.3) is 5.69 Å². The van der Waals surface area contributed by atoms with Crippen LogP contribution in [0, 0.1) is 10.1 Å². The first kappa shape index (κ1) is 16.9. The van der Waals surface area contributed by atoms with Crippen LogP contribution >= 0.6 is 11.3 Å². The number of benzene rings is 2. The number of nitrogens with one attached hydrogen (secondary N) is 1. The Morgan fingerprint density at radius 2 is 1.92 bits per heavy atom. The summed E-state index contributed by atoms with van der Waals surface area (Å²) in [6.45, 7) is 4.05. The summed E-state index contributed by atoms with van der Waals surface area (Å²) < 4.78 is 0.826. The van der Waals surface area contributed by atoms with Crippen molar-refractivity contribution in [1.82, 2.24) is 9.88 Å². The molecule has 0 aliphatic carbocycles. The van der Waals surface area contributed by atoms with Gasteiger partial charge in [-0.2, -0.15) is 0 Å². The lowest BCUT2D eigenvalue weighted by atomic mass is 10.1. The highest BCUT2D eigenvalue weighted by atomic mass is 32.1. The number of aromatic nitrogens is 1. The maximum atomic E-state index is 10.9. The van der Waals surface area contributed by atoms with E-state index in [0.29, 0.717) is 6.54 Å². The molecule has 1 aliphatic heterocycles. The molecule has 2 aromatic carbocycles. The Morgan fingerprint density at radius 3 is 2.69 bits per heavy atom. The van der Waals surface area contributed by atoms with Gasteiger partial charge >= 0.3 is 0 Å². The minimum absolute atomic E-state index is 0.101. The quantitative estimate of drug-likeness (QED) is 0.515. The van der Waals surface area contributed by atoms with Crippen molar-refractivity contribution in [3.8, 4) is 0 Å². The Kier molecular flexibility index (Phi) is 4.81. The van der Waals surface area contributed by atoms with E-state index in [0.717, 1.165) is 21.9 Å². The highest BCUT2D eigenvalue weighted by Gasteiger charge is 2.14. The Balaban J connectivity index is 1.48. The average molecular weight is 368 g/mol. The molecule has 1 aromatic heterocycles. The summed E-state index contributed by atoms with van der Waals surface area (Å²) >= 11 is 1.45. The fourth-order valence-corrected chi connectivity index (χ4v) is 4.23. The van der Waals surface area contributed by atoms with Gasteiger partial charge < -0.3 is 5.32 Å². The second-order valence-electron chi connectivity index (χ2n) is 6.53. The molecule has 7 heteroatoms. The second-order valence-corrected chi connectivity index (χ2v) is 7.56. The van der Waals surface area contributed by atoms with E-state index in [1.54, 1.807) is 12.1 Å². The number of rotatable bonds is 6. The monoisotopic (exact) mass is 368 g/mol. The van der Waals surface area contributed by atoms with Gasteiger partial charge in [0, 0.05) is 25.2 Å². The highest BCUT2D eigenvalue weighted by Crippen LogP contribution is 2.29. The molecule has 26 heavy (non-hydrogen) atoms. The molecule has 0 bridgehead atoms. The molecule has 0 spiro atoms. The molecule has 3 aromatic rings. The lowest BCUT2D eigenvalue weighted by Gasteiger charge is -2.17. The molecule has 0 atom stereocenters. The Morgan fingerprint density at radius 1 is 1.15 bits per heavy atom.